The van der Waals surface area contributed by atoms with Gasteiger partial charge in [0.05, 0.1) is 11.8 Å². The average Bonchev–Trinajstić information content (AvgIpc) is 2.89. The lowest BCUT2D eigenvalue weighted by Crippen LogP contribution is -2.39. The average molecular weight is 251 g/mol. The number of rotatable bonds is 4. The van der Waals surface area contributed by atoms with Crippen molar-refractivity contribution in [1.82, 2.24) is 4.90 Å². The Morgan fingerprint density at radius 1 is 1.50 bits per heavy atom. The molecule has 5 nitrogen and oxygen atoms in total. The van der Waals surface area contributed by atoms with Crippen LogP contribution >= 0.6 is 0 Å². The van der Waals surface area contributed by atoms with Crippen LogP contribution in [0.1, 0.15) is 36.0 Å². The van der Waals surface area contributed by atoms with Crippen molar-refractivity contribution < 1.29 is 19.1 Å². The minimum Gasteiger partial charge on any atom is -0.481 e. The molecular formula is C13H17NO4. The van der Waals surface area contributed by atoms with Crippen molar-refractivity contribution >= 4 is 11.9 Å². The fourth-order valence-electron chi connectivity index (χ4n) is 2.38. The Balaban J connectivity index is 1.90. The molecule has 18 heavy (non-hydrogen) atoms. The van der Waals surface area contributed by atoms with Crippen LogP contribution in [0.4, 0.5) is 0 Å². The number of carbonyl (C=O) groups excluding carboxylic acids is 1. The van der Waals surface area contributed by atoms with E-state index in [0.717, 1.165) is 19.4 Å². The molecule has 1 saturated heterocycles. The smallest absolute Gasteiger partial charge is 0.303 e. The largest absolute Gasteiger partial charge is 0.481 e. The summed E-state index contributed by atoms with van der Waals surface area (Å²) in [6.07, 6.45) is 5.70. The highest BCUT2D eigenvalue weighted by atomic mass is 16.4. The summed E-state index contributed by atoms with van der Waals surface area (Å²) < 4.78 is 4.91. The van der Waals surface area contributed by atoms with E-state index < -0.39 is 5.97 Å². The maximum absolute atomic E-state index is 12.1. The molecule has 98 valence electrons. The first kappa shape index (κ1) is 12.7. The molecular weight excluding hydrogens is 234 g/mol. The lowest BCUT2D eigenvalue weighted by atomic mass is 9.93. The van der Waals surface area contributed by atoms with Crippen molar-refractivity contribution in [3.63, 3.8) is 0 Å². The summed E-state index contributed by atoms with van der Waals surface area (Å²) in [6, 6.07) is 1.66. The van der Waals surface area contributed by atoms with Crippen LogP contribution in [0.25, 0.3) is 0 Å². The minimum atomic E-state index is -0.770. The van der Waals surface area contributed by atoms with Gasteiger partial charge in [-0.1, -0.05) is 0 Å². The van der Waals surface area contributed by atoms with E-state index in [0.29, 0.717) is 24.4 Å². The van der Waals surface area contributed by atoms with Gasteiger partial charge >= 0.3 is 5.97 Å². The van der Waals surface area contributed by atoms with Crippen LogP contribution in [-0.4, -0.2) is 35.0 Å². The standard InChI is InChI=1S/C13H17NO4/c15-12(16)4-3-10-2-1-6-14(8-10)13(17)11-5-7-18-9-11/h5,7,9-10H,1-4,6,8H2,(H,15,16)/t10-/m0/s1. The first-order valence-electron chi connectivity index (χ1n) is 6.20. The number of furan rings is 1. The molecule has 0 unspecified atom stereocenters. The monoisotopic (exact) mass is 251 g/mol. The van der Waals surface area contributed by atoms with E-state index in [2.05, 4.69) is 0 Å². The number of aliphatic carboxylic acids is 1. The second kappa shape index (κ2) is 5.71. The number of carbonyl (C=O) groups is 2. The topological polar surface area (TPSA) is 70.8 Å². The molecule has 2 heterocycles. The van der Waals surface area contributed by atoms with Crippen molar-refractivity contribution in [2.24, 2.45) is 5.92 Å². The molecule has 0 radical (unpaired) electrons. The van der Waals surface area contributed by atoms with Gasteiger partial charge in [-0.25, -0.2) is 0 Å². The molecule has 2 rings (SSSR count). The van der Waals surface area contributed by atoms with Gasteiger partial charge in [-0.05, 0) is 31.2 Å². The van der Waals surface area contributed by atoms with Gasteiger partial charge < -0.3 is 14.4 Å². The summed E-state index contributed by atoms with van der Waals surface area (Å²) in [7, 11) is 0. The number of amides is 1. The molecule has 1 amide bonds. The Hall–Kier alpha value is -1.78. The van der Waals surface area contributed by atoms with Crippen LogP contribution in [0.15, 0.2) is 23.0 Å². The van der Waals surface area contributed by atoms with Crippen LogP contribution in [0.2, 0.25) is 0 Å². The van der Waals surface area contributed by atoms with Gasteiger partial charge in [-0.15, -0.1) is 0 Å². The summed E-state index contributed by atoms with van der Waals surface area (Å²) in [5.41, 5.74) is 0.564. The van der Waals surface area contributed by atoms with E-state index in [9.17, 15) is 9.59 Å². The van der Waals surface area contributed by atoms with E-state index >= 15 is 0 Å². The fourth-order valence-corrected chi connectivity index (χ4v) is 2.38. The predicted octanol–water partition coefficient (Wildman–Crippen LogP) is 2.00. The molecule has 1 aliphatic rings. The van der Waals surface area contributed by atoms with E-state index in [1.54, 1.807) is 11.0 Å². The van der Waals surface area contributed by atoms with Crippen LogP contribution < -0.4 is 0 Å². The number of nitrogens with zero attached hydrogens (tertiary/aromatic N) is 1. The van der Waals surface area contributed by atoms with E-state index in [1.807, 2.05) is 0 Å². The lowest BCUT2D eigenvalue weighted by Gasteiger charge is -2.32. The molecule has 1 aliphatic heterocycles. The Morgan fingerprint density at radius 2 is 2.33 bits per heavy atom. The van der Waals surface area contributed by atoms with Crippen molar-refractivity contribution in [3.8, 4) is 0 Å². The summed E-state index contributed by atoms with van der Waals surface area (Å²) in [4.78, 5) is 24.4. The zero-order chi connectivity index (χ0) is 13.0. The zero-order valence-corrected chi connectivity index (χ0v) is 10.2. The van der Waals surface area contributed by atoms with Gasteiger partial charge in [-0.3, -0.25) is 9.59 Å². The van der Waals surface area contributed by atoms with E-state index in [-0.39, 0.29) is 12.3 Å². The predicted molar refractivity (Wildman–Crippen MR) is 64.2 cm³/mol. The van der Waals surface area contributed by atoms with Gasteiger partial charge in [0, 0.05) is 19.5 Å². The van der Waals surface area contributed by atoms with Crippen LogP contribution in [0.3, 0.4) is 0 Å². The minimum absolute atomic E-state index is 0.0243. The highest BCUT2D eigenvalue weighted by Gasteiger charge is 2.25. The Kier molecular flexibility index (Phi) is 4.02. The summed E-state index contributed by atoms with van der Waals surface area (Å²) >= 11 is 0. The molecule has 0 aromatic carbocycles. The molecule has 0 bridgehead atoms. The van der Waals surface area contributed by atoms with Gasteiger partial charge in [0.25, 0.3) is 5.91 Å². The fraction of sp³-hybridized carbons (Fsp3) is 0.538. The third-order valence-electron chi connectivity index (χ3n) is 3.34. The number of hydrogen-bond acceptors (Lipinski definition) is 3. The van der Waals surface area contributed by atoms with E-state index in [1.165, 1.54) is 12.5 Å². The highest BCUT2D eigenvalue weighted by Crippen LogP contribution is 2.22. The van der Waals surface area contributed by atoms with Crippen molar-refractivity contribution in [2.75, 3.05) is 13.1 Å². The summed E-state index contributed by atoms with van der Waals surface area (Å²) in [5.74, 6) is -0.497. The number of hydrogen-bond donors (Lipinski definition) is 1. The Morgan fingerprint density at radius 3 is 3.00 bits per heavy atom. The van der Waals surface area contributed by atoms with Gasteiger partial charge in [-0.2, -0.15) is 0 Å². The Bertz CT molecular complexity index is 413. The summed E-state index contributed by atoms with van der Waals surface area (Å²) in [5, 5.41) is 8.68. The molecule has 1 N–H and O–H groups in total. The molecule has 0 saturated carbocycles. The van der Waals surface area contributed by atoms with Crippen LogP contribution in [0.5, 0.6) is 0 Å². The first-order chi connectivity index (χ1) is 8.66. The number of likely N-dealkylation sites (tertiary alicyclic amines) is 1. The second-order valence-corrected chi connectivity index (χ2v) is 4.70. The van der Waals surface area contributed by atoms with Crippen molar-refractivity contribution in [3.05, 3.63) is 24.2 Å². The van der Waals surface area contributed by atoms with Crippen molar-refractivity contribution in [2.45, 2.75) is 25.7 Å². The first-order valence-corrected chi connectivity index (χ1v) is 6.20. The molecule has 5 heteroatoms. The normalized spacial score (nSPS) is 19.8. The maximum atomic E-state index is 12.1. The molecule has 1 fully saturated rings. The number of carboxylic acids is 1. The van der Waals surface area contributed by atoms with Crippen LogP contribution in [-0.2, 0) is 4.79 Å². The summed E-state index contributed by atoms with van der Waals surface area (Å²) in [6.45, 7) is 1.39. The zero-order valence-electron chi connectivity index (χ0n) is 10.2. The number of carboxylic acid groups (broad SMARTS) is 1. The van der Waals surface area contributed by atoms with Crippen LogP contribution in [0, 0.1) is 5.92 Å². The van der Waals surface area contributed by atoms with Gasteiger partial charge in [0.15, 0.2) is 0 Å². The SMILES string of the molecule is O=C(O)CC[C@@H]1CCCN(C(=O)c2ccoc2)C1. The molecule has 0 spiro atoms. The number of piperidine rings is 1. The third kappa shape index (κ3) is 3.12. The molecule has 0 aliphatic carbocycles. The third-order valence-corrected chi connectivity index (χ3v) is 3.34. The highest BCUT2D eigenvalue weighted by molar-refractivity contribution is 5.93. The lowest BCUT2D eigenvalue weighted by molar-refractivity contribution is -0.137. The molecule has 1 aromatic rings. The molecule has 1 aromatic heterocycles. The second-order valence-electron chi connectivity index (χ2n) is 4.70. The van der Waals surface area contributed by atoms with Gasteiger partial charge in [0.1, 0.15) is 6.26 Å². The van der Waals surface area contributed by atoms with Gasteiger partial charge in [0.2, 0.25) is 0 Å². The molecule has 1 atom stereocenters. The Labute approximate surface area is 105 Å². The van der Waals surface area contributed by atoms with Crippen molar-refractivity contribution in [1.29, 1.82) is 0 Å². The maximum Gasteiger partial charge on any atom is 0.303 e. The van der Waals surface area contributed by atoms with E-state index in [4.69, 9.17) is 9.52 Å². The quantitative estimate of drug-likeness (QED) is 0.888.